The summed E-state index contributed by atoms with van der Waals surface area (Å²) in [6.45, 7) is 4.13. The summed E-state index contributed by atoms with van der Waals surface area (Å²) in [6.07, 6.45) is 0.168. The summed E-state index contributed by atoms with van der Waals surface area (Å²) in [7, 11) is 0. The number of nitrogens with one attached hydrogen (secondary N) is 1. The lowest BCUT2D eigenvalue weighted by Gasteiger charge is -2.26. The maximum absolute atomic E-state index is 11.8. The molecule has 1 aliphatic rings. The maximum atomic E-state index is 11.8. The van der Waals surface area contributed by atoms with Crippen LogP contribution < -0.4 is 11.1 Å². The highest BCUT2D eigenvalue weighted by molar-refractivity contribution is 6.01. The summed E-state index contributed by atoms with van der Waals surface area (Å²) in [6, 6.07) is -1.35. The fourth-order valence-electron chi connectivity index (χ4n) is 1.71. The molecule has 0 bridgehead atoms. The minimum absolute atomic E-state index is 0.0571. The Hall–Kier alpha value is -1.67. The van der Waals surface area contributed by atoms with E-state index in [0.717, 1.165) is 0 Å². The van der Waals surface area contributed by atoms with E-state index in [0.29, 0.717) is 26.3 Å². The van der Waals surface area contributed by atoms with Gasteiger partial charge in [-0.1, -0.05) is 0 Å². The van der Waals surface area contributed by atoms with E-state index in [1.165, 1.54) is 0 Å². The maximum Gasteiger partial charge on any atom is 0.332 e. The first-order valence-corrected chi connectivity index (χ1v) is 6.61. The highest BCUT2D eigenvalue weighted by Gasteiger charge is 2.23. The van der Waals surface area contributed by atoms with Crippen LogP contribution in [-0.4, -0.2) is 68.2 Å². The molecule has 1 saturated heterocycles. The Bertz CT molecular complexity index is 355. The van der Waals surface area contributed by atoms with Crippen LogP contribution >= 0.6 is 0 Å². The molecule has 0 saturated carbocycles. The van der Waals surface area contributed by atoms with Crippen molar-refractivity contribution in [1.82, 2.24) is 10.2 Å². The smallest absolute Gasteiger partial charge is 0.332 e. The van der Waals surface area contributed by atoms with Crippen LogP contribution in [0.5, 0.6) is 0 Å². The highest BCUT2D eigenvalue weighted by Crippen LogP contribution is 1.99. The van der Waals surface area contributed by atoms with Crippen molar-refractivity contribution in [3.63, 3.8) is 0 Å². The zero-order valence-corrected chi connectivity index (χ0v) is 11.6. The van der Waals surface area contributed by atoms with Crippen LogP contribution in [0.3, 0.4) is 0 Å². The second kappa shape index (κ2) is 8.49. The van der Waals surface area contributed by atoms with Crippen LogP contribution in [0.25, 0.3) is 0 Å². The molecule has 2 amide bonds. The van der Waals surface area contributed by atoms with Gasteiger partial charge in [-0.2, -0.15) is 0 Å². The van der Waals surface area contributed by atoms with Crippen LogP contribution in [0.2, 0.25) is 0 Å². The number of hydrogen-bond acceptors (Lipinski definition) is 6. The molecule has 0 aliphatic carbocycles. The van der Waals surface area contributed by atoms with E-state index in [9.17, 15) is 14.4 Å². The summed E-state index contributed by atoms with van der Waals surface area (Å²) in [5, 5.41) is 2.45. The van der Waals surface area contributed by atoms with Gasteiger partial charge in [-0.25, -0.2) is 4.79 Å². The molecule has 1 heterocycles. The van der Waals surface area contributed by atoms with Crippen LogP contribution in [0.15, 0.2) is 0 Å². The summed E-state index contributed by atoms with van der Waals surface area (Å²) in [5.74, 6) is -1.47. The van der Waals surface area contributed by atoms with Crippen LogP contribution in [0.4, 0.5) is 0 Å². The number of amides is 2. The number of nitrogens with two attached hydrogens (primary N) is 1. The van der Waals surface area contributed by atoms with Crippen molar-refractivity contribution in [3.05, 3.63) is 0 Å². The second-order valence-electron chi connectivity index (χ2n) is 4.26. The third-order valence-corrected chi connectivity index (χ3v) is 2.82. The van der Waals surface area contributed by atoms with Crippen molar-refractivity contribution < 1.29 is 23.9 Å². The number of hydrogen-bond donors (Lipinski definition) is 2. The highest BCUT2D eigenvalue weighted by atomic mass is 16.5. The van der Waals surface area contributed by atoms with Crippen molar-refractivity contribution in [2.24, 2.45) is 5.73 Å². The Labute approximate surface area is 117 Å². The lowest BCUT2D eigenvalue weighted by atomic mass is 10.2. The molecule has 0 aromatic carbocycles. The first-order valence-electron chi connectivity index (χ1n) is 6.61. The fourth-order valence-corrected chi connectivity index (χ4v) is 1.71. The minimum Gasteiger partial charge on any atom is -0.464 e. The predicted molar refractivity (Wildman–Crippen MR) is 69.6 cm³/mol. The monoisotopic (exact) mass is 287 g/mol. The molecule has 1 atom stereocenters. The summed E-state index contributed by atoms with van der Waals surface area (Å²) in [4.78, 5) is 36.2. The number of carbonyl (C=O) groups is 3. The van der Waals surface area contributed by atoms with Crippen LogP contribution in [-0.2, 0) is 23.9 Å². The van der Waals surface area contributed by atoms with Crippen molar-refractivity contribution in [2.75, 3.05) is 39.5 Å². The zero-order valence-electron chi connectivity index (χ0n) is 11.6. The number of nitrogens with zero attached hydrogens (tertiary/aromatic N) is 1. The van der Waals surface area contributed by atoms with Crippen LogP contribution in [0.1, 0.15) is 13.3 Å². The average molecular weight is 287 g/mol. The quantitative estimate of drug-likeness (QED) is 0.442. The minimum atomic E-state index is -1.35. The van der Waals surface area contributed by atoms with Gasteiger partial charge >= 0.3 is 5.97 Å². The molecule has 20 heavy (non-hydrogen) atoms. The Kier molecular flexibility index (Phi) is 6.96. The SMILES string of the molecule is CCOC(=O)C(N)C(=O)NCCC(=O)N1CCOCC1. The topological polar surface area (TPSA) is 111 Å². The van der Waals surface area contributed by atoms with Crippen molar-refractivity contribution >= 4 is 17.8 Å². The predicted octanol–water partition coefficient (Wildman–Crippen LogP) is -1.76. The number of carbonyl (C=O) groups excluding carboxylic acids is 3. The van der Waals surface area contributed by atoms with Gasteiger partial charge in [0.05, 0.1) is 19.8 Å². The lowest BCUT2D eigenvalue weighted by molar-refractivity contribution is -0.147. The van der Waals surface area contributed by atoms with Gasteiger partial charge in [0.15, 0.2) is 6.04 Å². The molecule has 114 valence electrons. The first kappa shape index (κ1) is 16.4. The van der Waals surface area contributed by atoms with E-state index in [2.05, 4.69) is 10.1 Å². The summed E-state index contributed by atoms with van der Waals surface area (Å²) < 4.78 is 9.78. The Morgan fingerprint density at radius 1 is 1.35 bits per heavy atom. The average Bonchev–Trinajstić information content (AvgIpc) is 2.47. The Morgan fingerprint density at radius 3 is 2.60 bits per heavy atom. The van der Waals surface area contributed by atoms with Gasteiger partial charge in [-0.15, -0.1) is 0 Å². The molecule has 1 unspecified atom stereocenters. The van der Waals surface area contributed by atoms with Gasteiger partial charge < -0.3 is 25.4 Å². The normalized spacial score (nSPS) is 16.4. The molecule has 0 aromatic rings. The molecular weight excluding hydrogens is 266 g/mol. The van der Waals surface area contributed by atoms with Gasteiger partial charge in [0.1, 0.15) is 0 Å². The molecule has 1 rings (SSSR count). The third kappa shape index (κ3) is 5.14. The second-order valence-corrected chi connectivity index (χ2v) is 4.26. The number of esters is 1. The van der Waals surface area contributed by atoms with Gasteiger partial charge in [-0.3, -0.25) is 9.59 Å². The number of ether oxygens (including phenoxy) is 2. The molecule has 8 heteroatoms. The molecule has 0 radical (unpaired) electrons. The number of morpholine rings is 1. The van der Waals surface area contributed by atoms with E-state index >= 15 is 0 Å². The molecular formula is C12H21N3O5. The van der Waals surface area contributed by atoms with E-state index in [4.69, 9.17) is 10.5 Å². The Morgan fingerprint density at radius 2 is 2.00 bits per heavy atom. The van der Waals surface area contributed by atoms with Gasteiger partial charge in [-0.05, 0) is 6.92 Å². The van der Waals surface area contributed by atoms with Crippen molar-refractivity contribution in [3.8, 4) is 0 Å². The van der Waals surface area contributed by atoms with E-state index < -0.39 is 17.9 Å². The molecule has 1 fully saturated rings. The number of rotatable bonds is 6. The van der Waals surface area contributed by atoms with E-state index in [1.807, 2.05) is 0 Å². The lowest BCUT2D eigenvalue weighted by Crippen LogP contribution is -2.48. The molecule has 3 N–H and O–H groups in total. The first-order chi connectivity index (χ1) is 9.56. The van der Waals surface area contributed by atoms with Gasteiger partial charge in [0.2, 0.25) is 11.8 Å². The van der Waals surface area contributed by atoms with E-state index in [1.54, 1.807) is 11.8 Å². The van der Waals surface area contributed by atoms with Gasteiger partial charge in [0.25, 0.3) is 0 Å². The standard InChI is InChI=1S/C12H21N3O5/c1-2-20-12(18)10(13)11(17)14-4-3-9(16)15-5-7-19-8-6-15/h10H,2-8,13H2,1H3,(H,14,17). The van der Waals surface area contributed by atoms with Crippen molar-refractivity contribution in [1.29, 1.82) is 0 Å². The third-order valence-electron chi connectivity index (χ3n) is 2.82. The summed E-state index contributed by atoms with van der Waals surface area (Å²) in [5.41, 5.74) is 5.41. The van der Waals surface area contributed by atoms with E-state index in [-0.39, 0.29) is 25.5 Å². The summed E-state index contributed by atoms with van der Waals surface area (Å²) >= 11 is 0. The molecule has 1 aliphatic heterocycles. The largest absolute Gasteiger partial charge is 0.464 e. The van der Waals surface area contributed by atoms with Gasteiger partial charge in [0, 0.05) is 26.1 Å². The van der Waals surface area contributed by atoms with Crippen LogP contribution in [0, 0.1) is 0 Å². The van der Waals surface area contributed by atoms with Crippen molar-refractivity contribution in [2.45, 2.75) is 19.4 Å². The molecule has 8 nitrogen and oxygen atoms in total. The molecule has 0 spiro atoms. The Balaban J connectivity index is 2.23. The fraction of sp³-hybridized carbons (Fsp3) is 0.750. The zero-order chi connectivity index (χ0) is 15.0. The molecule has 0 aromatic heterocycles.